The van der Waals surface area contributed by atoms with Crippen molar-refractivity contribution >= 4 is 6.08 Å². The van der Waals surface area contributed by atoms with Gasteiger partial charge in [0, 0.05) is 6.54 Å². The van der Waals surface area contributed by atoms with Crippen LogP contribution in [-0.4, -0.2) is 20.2 Å². The summed E-state index contributed by atoms with van der Waals surface area (Å²) in [6, 6.07) is 8.15. The van der Waals surface area contributed by atoms with Crippen LogP contribution >= 0.6 is 0 Å². The molecule has 0 saturated carbocycles. The number of benzene rings is 1. The minimum absolute atomic E-state index is 0.787. The Bertz CT molecular complexity index is 290. The second-order valence-corrected chi connectivity index (χ2v) is 3.38. The molecule has 1 aromatic carbocycles. The number of likely N-dealkylation sites (N-methyl/N-ethyl adjacent to an activating group) is 1. The minimum Gasteiger partial charge on any atom is -0.494 e. The Morgan fingerprint density at radius 3 is 2.60 bits per heavy atom. The predicted molar refractivity (Wildman–Crippen MR) is 65.2 cm³/mol. The lowest BCUT2D eigenvalue weighted by Crippen LogP contribution is -2.03. The van der Waals surface area contributed by atoms with E-state index in [2.05, 4.69) is 36.5 Å². The number of rotatable bonds is 6. The highest BCUT2D eigenvalue weighted by Crippen LogP contribution is 2.13. The molecular weight excluding hydrogens is 186 g/mol. The summed E-state index contributed by atoms with van der Waals surface area (Å²) in [7, 11) is 1.94. The van der Waals surface area contributed by atoms with Crippen LogP contribution < -0.4 is 10.1 Å². The van der Waals surface area contributed by atoms with Crippen LogP contribution in [0.1, 0.15) is 18.9 Å². The zero-order chi connectivity index (χ0) is 10.9. The maximum absolute atomic E-state index is 5.50. The third-order valence-corrected chi connectivity index (χ3v) is 1.99. The van der Waals surface area contributed by atoms with E-state index in [0.29, 0.717) is 0 Å². The van der Waals surface area contributed by atoms with Crippen LogP contribution in [0.2, 0.25) is 0 Å². The smallest absolute Gasteiger partial charge is 0.119 e. The first kappa shape index (κ1) is 11.8. The summed E-state index contributed by atoms with van der Waals surface area (Å²) in [6.45, 7) is 3.79. The van der Waals surface area contributed by atoms with E-state index in [1.165, 1.54) is 5.56 Å². The monoisotopic (exact) mass is 205 g/mol. The number of nitrogens with one attached hydrogen (secondary N) is 1. The molecule has 0 aliphatic carbocycles. The second kappa shape index (κ2) is 7.07. The average molecular weight is 205 g/mol. The van der Waals surface area contributed by atoms with Crippen molar-refractivity contribution in [2.45, 2.75) is 13.3 Å². The van der Waals surface area contributed by atoms with Crippen molar-refractivity contribution in [2.75, 3.05) is 20.2 Å². The van der Waals surface area contributed by atoms with Crippen molar-refractivity contribution in [1.82, 2.24) is 5.32 Å². The molecule has 0 amide bonds. The normalized spacial score (nSPS) is 10.8. The van der Waals surface area contributed by atoms with Crippen molar-refractivity contribution in [1.29, 1.82) is 0 Å². The Kier molecular flexibility index (Phi) is 5.56. The summed E-state index contributed by atoms with van der Waals surface area (Å²) in [5, 5.41) is 3.07. The molecule has 0 radical (unpaired) electrons. The molecule has 0 saturated heterocycles. The van der Waals surface area contributed by atoms with Crippen molar-refractivity contribution in [3.05, 3.63) is 35.9 Å². The van der Waals surface area contributed by atoms with E-state index in [-0.39, 0.29) is 0 Å². The van der Waals surface area contributed by atoms with E-state index in [1.807, 2.05) is 19.2 Å². The summed E-state index contributed by atoms with van der Waals surface area (Å²) >= 11 is 0. The summed E-state index contributed by atoms with van der Waals surface area (Å²) < 4.78 is 5.50. The SMILES string of the molecule is CCCOc1ccc(C=CCNC)cc1. The van der Waals surface area contributed by atoms with E-state index in [1.54, 1.807) is 0 Å². The number of ether oxygens (including phenoxy) is 1. The summed E-state index contributed by atoms with van der Waals surface area (Å²) in [5.74, 6) is 0.947. The van der Waals surface area contributed by atoms with Gasteiger partial charge in [0.1, 0.15) is 5.75 Å². The van der Waals surface area contributed by atoms with Crippen molar-refractivity contribution in [3.63, 3.8) is 0 Å². The van der Waals surface area contributed by atoms with E-state index in [0.717, 1.165) is 25.3 Å². The molecule has 1 N–H and O–H groups in total. The quantitative estimate of drug-likeness (QED) is 0.771. The lowest BCUT2D eigenvalue weighted by molar-refractivity contribution is 0.317. The van der Waals surface area contributed by atoms with Crippen LogP contribution in [0.25, 0.3) is 6.08 Å². The molecule has 1 rings (SSSR count). The zero-order valence-electron chi connectivity index (χ0n) is 9.49. The molecule has 0 bridgehead atoms. The average Bonchev–Trinajstić information content (AvgIpc) is 2.28. The van der Waals surface area contributed by atoms with Crippen LogP contribution in [0.4, 0.5) is 0 Å². The van der Waals surface area contributed by atoms with E-state index < -0.39 is 0 Å². The summed E-state index contributed by atoms with van der Waals surface area (Å²) in [6.07, 6.45) is 5.24. The van der Waals surface area contributed by atoms with E-state index in [4.69, 9.17) is 4.74 Å². The Balaban J connectivity index is 2.48. The Hall–Kier alpha value is -1.28. The van der Waals surface area contributed by atoms with Gasteiger partial charge in [-0.15, -0.1) is 0 Å². The minimum atomic E-state index is 0.787. The molecule has 0 aliphatic heterocycles. The Morgan fingerprint density at radius 2 is 2.00 bits per heavy atom. The second-order valence-electron chi connectivity index (χ2n) is 3.38. The first-order valence-corrected chi connectivity index (χ1v) is 5.41. The van der Waals surface area contributed by atoms with Crippen molar-refractivity contribution in [3.8, 4) is 5.75 Å². The molecule has 2 heteroatoms. The third kappa shape index (κ3) is 4.66. The maximum atomic E-state index is 5.50. The molecular formula is C13H19NO. The van der Waals surface area contributed by atoms with Gasteiger partial charge >= 0.3 is 0 Å². The van der Waals surface area contributed by atoms with Crippen LogP contribution in [0.5, 0.6) is 5.75 Å². The van der Waals surface area contributed by atoms with Gasteiger partial charge in [-0.1, -0.05) is 31.2 Å². The largest absolute Gasteiger partial charge is 0.494 e. The van der Waals surface area contributed by atoms with Crippen molar-refractivity contribution < 1.29 is 4.74 Å². The van der Waals surface area contributed by atoms with Crippen LogP contribution in [-0.2, 0) is 0 Å². The van der Waals surface area contributed by atoms with Crippen LogP contribution in [0, 0.1) is 0 Å². The zero-order valence-corrected chi connectivity index (χ0v) is 9.49. The molecule has 2 nitrogen and oxygen atoms in total. The van der Waals surface area contributed by atoms with Crippen LogP contribution in [0.3, 0.4) is 0 Å². The van der Waals surface area contributed by atoms with Crippen molar-refractivity contribution in [2.24, 2.45) is 0 Å². The molecule has 0 atom stereocenters. The molecule has 82 valence electrons. The topological polar surface area (TPSA) is 21.3 Å². The van der Waals surface area contributed by atoms with Gasteiger partial charge in [-0.25, -0.2) is 0 Å². The highest BCUT2D eigenvalue weighted by Gasteiger charge is 1.91. The standard InChI is InChI=1S/C13H19NO/c1-3-11-15-13-8-6-12(7-9-13)5-4-10-14-2/h4-9,14H,3,10-11H2,1-2H3. The highest BCUT2D eigenvalue weighted by atomic mass is 16.5. The Morgan fingerprint density at radius 1 is 1.27 bits per heavy atom. The van der Waals surface area contributed by atoms with Gasteiger partial charge in [-0.2, -0.15) is 0 Å². The fourth-order valence-corrected chi connectivity index (χ4v) is 1.21. The lowest BCUT2D eigenvalue weighted by atomic mass is 10.2. The molecule has 0 heterocycles. The molecule has 0 unspecified atom stereocenters. The molecule has 0 aliphatic rings. The Labute approximate surface area is 92.0 Å². The summed E-state index contributed by atoms with van der Waals surface area (Å²) in [5.41, 5.74) is 1.20. The van der Waals surface area contributed by atoms with Gasteiger partial charge < -0.3 is 10.1 Å². The lowest BCUT2D eigenvalue weighted by Gasteiger charge is -2.03. The number of hydrogen-bond donors (Lipinski definition) is 1. The maximum Gasteiger partial charge on any atom is 0.119 e. The van der Waals surface area contributed by atoms with E-state index >= 15 is 0 Å². The third-order valence-electron chi connectivity index (χ3n) is 1.99. The molecule has 15 heavy (non-hydrogen) atoms. The fourth-order valence-electron chi connectivity index (χ4n) is 1.21. The fraction of sp³-hybridized carbons (Fsp3) is 0.385. The first-order chi connectivity index (χ1) is 7.36. The van der Waals surface area contributed by atoms with Gasteiger partial charge in [0.2, 0.25) is 0 Å². The van der Waals surface area contributed by atoms with Gasteiger partial charge in [-0.05, 0) is 31.2 Å². The number of hydrogen-bond acceptors (Lipinski definition) is 2. The van der Waals surface area contributed by atoms with Gasteiger partial charge in [0.05, 0.1) is 6.61 Å². The van der Waals surface area contributed by atoms with E-state index in [9.17, 15) is 0 Å². The van der Waals surface area contributed by atoms with Gasteiger partial charge in [0.25, 0.3) is 0 Å². The first-order valence-electron chi connectivity index (χ1n) is 5.41. The summed E-state index contributed by atoms with van der Waals surface area (Å²) in [4.78, 5) is 0. The molecule has 0 spiro atoms. The van der Waals surface area contributed by atoms with Crippen LogP contribution in [0.15, 0.2) is 30.3 Å². The van der Waals surface area contributed by atoms with Gasteiger partial charge in [0.15, 0.2) is 0 Å². The molecule has 1 aromatic rings. The van der Waals surface area contributed by atoms with Gasteiger partial charge in [-0.3, -0.25) is 0 Å². The highest BCUT2D eigenvalue weighted by molar-refractivity contribution is 5.50. The molecule has 0 aromatic heterocycles. The predicted octanol–water partition coefficient (Wildman–Crippen LogP) is 2.71. The molecule has 0 fully saturated rings.